The largest absolute Gasteiger partial charge is 0.308 e. The number of aromatic nitrogens is 2. The maximum absolute atomic E-state index is 4.84. The highest BCUT2D eigenvalue weighted by molar-refractivity contribution is 7.18. The van der Waals surface area contributed by atoms with Gasteiger partial charge in [0.2, 0.25) is 0 Å². The molecule has 0 atom stereocenters. The van der Waals surface area contributed by atoms with E-state index in [9.17, 15) is 0 Å². The summed E-state index contributed by atoms with van der Waals surface area (Å²) >= 11 is 1.81. The molecule has 63 heavy (non-hydrogen) atoms. The number of hydrogen-bond acceptors (Lipinski definition) is 5. The molecule has 3 aromatic heterocycles. The van der Waals surface area contributed by atoms with E-state index in [-0.39, 0.29) is 0 Å². The van der Waals surface area contributed by atoms with E-state index in [1.165, 1.54) is 43.1 Å². The number of nitrogens with zero attached hydrogens (tertiary/aromatic N) is 4. The zero-order valence-electron chi connectivity index (χ0n) is 34.3. The first-order valence-electron chi connectivity index (χ1n) is 21.1. The summed E-state index contributed by atoms with van der Waals surface area (Å²) in [5.74, 6) is 0. The molecule has 8 aromatic carbocycles. The minimum absolute atomic E-state index is 0.961. The van der Waals surface area contributed by atoms with Gasteiger partial charge >= 0.3 is 0 Å². The second-order valence-electron chi connectivity index (χ2n) is 15.5. The topological polar surface area (TPSA) is 32.3 Å². The van der Waals surface area contributed by atoms with Crippen molar-refractivity contribution in [3.8, 4) is 43.1 Å². The molecule has 298 valence electrons. The summed E-state index contributed by atoms with van der Waals surface area (Å²) in [6, 6.07) is 82.0. The summed E-state index contributed by atoms with van der Waals surface area (Å²) in [5, 5.41) is 2.21. The first-order valence-corrected chi connectivity index (χ1v) is 21.9. The predicted molar refractivity (Wildman–Crippen MR) is 266 cm³/mol. The van der Waals surface area contributed by atoms with Gasteiger partial charge in [-0.25, -0.2) is 0 Å². The van der Waals surface area contributed by atoms with Crippen LogP contribution in [0, 0.1) is 0 Å². The Labute approximate surface area is 371 Å². The third-order valence-electron chi connectivity index (χ3n) is 11.6. The molecule has 0 aliphatic heterocycles. The number of thiophene rings is 1. The van der Waals surface area contributed by atoms with E-state index in [1.54, 1.807) is 0 Å². The van der Waals surface area contributed by atoms with Gasteiger partial charge in [0.05, 0.1) is 22.4 Å². The number of benzene rings is 8. The number of hydrogen-bond donors (Lipinski definition) is 0. The lowest BCUT2D eigenvalue weighted by molar-refractivity contribution is 1.28. The maximum Gasteiger partial charge on any atom is 0.0942 e. The Kier molecular flexibility index (Phi) is 10.1. The first kappa shape index (κ1) is 37.8. The Morgan fingerprint density at radius 2 is 0.603 bits per heavy atom. The van der Waals surface area contributed by atoms with E-state index >= 15 is 0 Å². The van der Waals surface area contributed by atoms with Crippen molar-refractivity contribution in [2.45, 2.75) is 0 Å². The molecule has 0 saturated heterocycles. The van der Waals surface area contributed by atoms with Gasteiger partial charge in [-0.1, -0.05) is 146 Å². The molecule has 0 bridgehead atoms. The van der Waals surface area contributed by atoms with E-state index < -0.39 is 0 Å². The highest BCUT2D eigenvalue weighted by Gasteiger charge is 2.19. The van der Waals surface area contributed by atoms with Crippen molar-refractivity contribution < 1.29 is 0 Å². The third-order valence-corrected chi connectivity index (χ3v) is 12.8. The lowest BCUT2D eigenvalue weighted by Gasteiger charge is -2.26. The minimum atomic E-state index is 0.961. The van der Waals surface area contributed by atoms with Gasteiger partial charge in [-0.2, -0.15) is 0 Å². The van der Waals surface area contributed by atoms with Crippen LogP contribution < -0.4 is 9.80 Å². The van der Waals surface area contributed by atoms with Crippen molar-refractivity contribution in [1.82, 2.24) is 9.97 Å². The van der Waals surface area contributed by atoms with Gasteiger partial charge in [-0.3, -0.25) is 9.97 Å². The van der Waals surface area contributed by atoms with Crippen LogP contribution in [-0.4, -0.2) is 9.97 Å². The molecule has 11 aromatic rings. The van der Waals surface area contributed by atoms with Crippen LogP contribution in [0.15, 0.2) is 243 Å². The summed E-state index contributed by atoms with van der Waals surface area (Å²) < 4.78 is 0. The highest BCUT2D eigenvalue weighted by Crippen LogP contribution is 2.43. The normalized spacial score (nSPS) is 11.2. The Morgan fingerprint density at radius 1 is 0.270 bits per heavy atom. The molecule has 0 aliphatic carbocycles. The Balaban J connectivity index is 0.899. The summed E-state index contributed by atoms with van der Waals surface area (Å²) in [7, 11) is 0. The van der Waals surface area contributed by atoms with E-state index in [0.29, 0.717) is 0 Å². The van der Waals surface area contributed by atoms with Crippen molar-refractivity contribution >= 4 is 67.3 Å². The maximum atomic E-state index is 4.84. The molecule has 0 aliphatic rings. The first-order chi connectivity index (χ1) is 31.2. The molecule has 11 rings (SSSR count). The SMILES string of the molecule is c1ccc(-c2ccc(N(c3ccc(-c4ccc(-c5ccc(N(c6ccc(-c7ccccc7)cc6)c6cccc7cccnc67)cc5)s4)cc3)c3cccc4cccnc34)cc2)cc1. The molecule has 4 nitrogen and oxygen atoms in total. The molecular formula is C58H40N4S. The highest BCUT2D eigenvalue weighted by atomic mass is 32.1. The molecule has 0 fully saturated rings. The number of rotatable bonds is 10. The second-order valence-corrected chi connectivity index (χ2v) is 16.5. The standard InChI is InChI=1S/C58H40N4S/c1-3-11-41(12-4-1)43-21-29-49(30-22-43)61(53-19-7-15-47-17-9-39-59-57(47)53)51-33-25-45(26-34-51)55-37-38-56(63-55)46-27-35-52(36-28-46)62(54-20-8-16-48-18-10-40-60-58(48)54)50-31-23-44(24-32-50)42-13-5-2-6-14-42/h1-40H. The third kappa shape index (κ3) is 7.52. The van der Waals surface area contributed by atoms with Crippen molar-refractivity contribution in [3.63, 3.8) is 0 Å². The van der Waals surface area contributed by atoms with Gasteiger partial charge in [0, 0.05) is 55.7 Å². The Hall–Kier alpha value is -8.12. The zero-order valence-corrected chi connectivity index (χ0v) is 35.1. The van der Waals surface area contributed by atoms with E-state index in [0.717, 1.165) is 55.9 Å². The van der Waals surface area contributed by atoms with Gasteiger partial charge in [-0.05, 0) is 118 Å². The number of pyridine rings is 2. The van der Waals surface area contributed by atoms with E-state index in [4.69, 9.17) is 9.97 Å². The van der Waals surface area contributed by atoms with Crippen LogP contribution in [0.25, 0.3) is 64.9 Å². The molecular weight excluding hydrogens is 785 g/mol. The van der Waals surface area contributed by atoms with E-state index in [2.05, 4.69) is 228 Å². The fraction of sp³-hybridized carbons (Fsp3) is 0. The fourth-order valence-corrected chi connectivity index (χ4v) is 9.47. The van der Waals surface area contributed by atoms with Crippen LogP contribution in [0.5, 0.6) is 0 Å². The molecule has 0 radical (unpaired) electrons. The zero-order chi connectivity index (χ0) is 42.0. The lowest BCUT2D eigenvalue weighted by atomic mass is 10.0. The molecule has 0 N–H and O–H groups in total. The summed E-state index contributed by atoms with van der Waals surface area (Å²) in [4.78, 5) is 16.7. The number of anilines is 6. The monoisotopic (exact) mass is 824 g/mol. The molecule has 3 heterocycles. The van der Waals surface area contributed by atoms with Crippen LogP contribution >= 0.6 is 11.3 Å². The van der Waals surface area contributed by atoms with Crippen molar-refractivity contribution in [2.24, 2.45) is 0 Å². The van der Waals surface area contributed by atoms with Crippen LogP contribution in [-0.2, 0) is 0 Å². The smallest absolute Gasteiger partial charge is 0.0942 e. The second kappa shape index (κ2) is 16.7. The Bertz CT molecular complexity index is 3070. The average molecular weight is 825 g/mol. The van der Waals surface area contributed by atoms with Crippen LogP contribution in [0.2, 0.25) is 0 Å². The molecule has 0 spiro atoms. The van der Waals surface area contributed by atoms with E-state index in [1.807, 2.05) is 35.9 Å². The fourth-order valence-electron chi connectivity index (χ4n) is 8.46. The predicted octanol–water partition coefficient (Wildman–Crippen LogP) is 16.5. The average Bonchev–Trinajstić information content (AvgIpc) is 3.86. The molecule has 0 unspecified atom stereocenters. The number of fused-ring (bicyclic) bond motifs is 2. The van der Waals surface area contributed by atoms with Gasteiger partial charge in [0.1, 0.15) is 0 Å². The lowest BCUT2D eigenvalue weighted by Crippen LogP contribution is -2.10. The Morgan fingerprint density at radius 3 is 0.984 bits per heavy atom. The summed E-state index contributed by atoms with van der Waals surface area (Å²) in [6.07, 6.45) is 3.74. The number of para-hydroxylation sites is 2. The van der Waals surface area contributed by atoms with Crippen LogP contribution in [0.3, 0.4) is 0 Å². The summed E-state index contributed by atoms with van der Waals surface area (Å²) in [5.41, 5.74) is 15.4. The summed E-state index contributed by atoms with van der Waals surface area (Å²) in [6.45, 7) is 0. The minimum Gasteiger partial charge on any atom is -0.308 e. The molecule has 0 amide bonds. The van der Waals surface area contributed by atoms with Gasteiger partial charge < -0.3 is 9.80 Å². The molecule has 0 saturated carbocycles. The van der Waals surface area contributed by atoms with Gasteiger partial charge in [0.25, 0.3) is 0 Å². The van der Waals surface area contributed by atoms with Crippen LogP contribution in [0.4, 0.5) is 34.1 Å². The van der Waals surface area contributed by atoms with Gasteiger partial charge in [0.15, 0.2) is 0 Å². The van der Waals surface area contributed by atoms with Crippen molar-refractivity contribution in [1.29, 1.82) is 0 Å². The van der Waals surface area contributed by atoms with Gasteiger partial charge in [-0.15, -0.1) is 11.3 Å². The van der Waals surface area contributed by atoms with Crippen LogP contribution in [0.1, 0.15) is 0 Å². The van der Waals surface area contributed by atoms with Crippen molar-refractivity contribution in [2.75, 3.05) is 9.80 Å². The van der Waals surface area contributed by atoms with Crippen molar-refractivity contribution in [3.05, 3.63) is 243 Å². The molecule has 5 heteroatoms. The quantitative estimate of drug-likeness (QED) is 0.138.